The van der Waals surface area contributed by atoms with Crippen LogP contribution in [0.3, 0.4) is 0 Å². The molecule has 3 rings (SSSR count). The number of hydrazine groups is 1. The number of benzene rings is 2. The smallest absolute Gasteiger partial charge is 0.350 e. The molecule has 29 heavy (non-hydrogen) atoms. The van der Waals surface area contributed by atoms with E-state index in [9.17, 15) is 14.4 Å². The minimum atomic E-state index is -0.664. The van der Waals surface area contributed by atoms with Gasteiger partial charge in [-0.05, 0) is 31.2 Å². The van der Waals surface area contributed by atoms with Crippen molar-refractivity contribution in [2.75, 3.05) is 6.61 Å². The van der Waals surface area contributed by atoms with Crippen molar-refractivity contribution in [3.05, 3.63) is 75.8 Å². The van der Waals surface area contributed by atoms with Crippen LogP contribution in [0.4, 0.5) is 0 Å². The fourth-order valence-electron chi connectivity index (χ4n) is 2.32. The van der Waals surface area contributed by atoms with E-state index in [1.165, 1.54) is 0 Å². The third kappa shape index (κ3) is 5.40. The Morgan fingerprint density at radius 2 is 1.72 bits per heavy atom. The maximum Gasteiger partial charge on any atom is 0.350 e. The highest BCUT2D eigenvalue weighted by Gasteiger charge is 2.19. The maximum atomic E-state index is 12.3. The molecule has 0 aliphatic carbocycles. The van der Waals surface area contributed by atoms with Crippen molar-refractivity contribution >= 4 is 40.7 Å². The Labute approximate surface area is 175 Å². The maximum absolute atomic E-state index is 12.3. The van der Waals surface area contributed by atoms with Crippen LogP contribution in [0.2, 0.25) is 5.02 Å². The number of hydrogen-bond donors (Lipinski definition) is 2. The number of amides is 2. The van der Waals surface area contributed by atoms with Crippen molar-refractivity contribution in [2.24, 2.45) is 0 Å². The summed E-state index contributed by atoms with van der Waals surface area (Å²) in [4.78, 5) is 40.7. The number of ether oxygens (including phenoxy) is 1. The number of aryl methyl sites for hydroxylation is 1. The second-order valence-corrected chi connectivity index (χ2v) is 7.32. The van der Waals surface area contributed by atoms with Crippen molar-refractivity contribution in [1.29, 1.82) is 0 Å². The van der Waals surface area contributed by atoms with Crippen LogP contribution in [0.15, 0.2) is 54.6 Å². The summed E-state index contributed by atoms with van der Waals surface area (Å²) in [6.45, 7) is 1.15. The van der Waals surface area contributed by atoms with Crippen LogP contribution in [0.5, 0.6) is 0 Å². The van der Waals surface area contributed by atoms with Crippen molar-refractivity contribution in [3.63, 3.8) is 0 Å². The number of aromatic nitrogens is 1. The molecule has 0 radical (unpaired) electrons. The number of esters is 1. The molecule has 0 saturated heterocycles. The largest absolute Gasteiger partial charge is 0.451 e. The van der Waals surface area contributed by atoms with Crippen LogP contribution < -0.4 is 10.9 Å². The van der Waals surface area contributed by atoms with Crippen LogP contribution in [0.25, 0.3) is 10.6 Å². The summed E-state index contributed by atoms with van der Waals surface area (Å²) in [6, 6.07) is 15.5. The molecule has 2 N–H and O–H groups in total. The van der Waals surface area contributed by atoms with Gasteiger partial charge in [-0.2, -0.15) is 0 Å². The molecule has 1 heterocycles. The topological polar surface area (TPSA) is 97.4 Å². The molecule has 2 aromatic carbocycles. The molecule has 0 fully saturated rings. The van der Waals surface area contributed by atoms with E-state index in [1.54, 1.807) is 61.5 Å². The van der Waals surface area contributed by atoms with Gasteiger partial charge in [-0.15, -0.1) is 11.3 Å². The molecule has 148 valence electrons. The van der Waals surface area contributed by atoms with Gasteiger partial charge in [0.05, 0.1) is 5.69 Å². The molecule has 3 aromatic rings. The second-order valence-electron chi connectivity index (χ2n) is 5.88. The first kappa shape index (κ1) is 20.5. The molecule has 0 bridgehead atoms. The Kier molecular flexibility index (Phi) is 6.58. The van der Waals surface area contributed by atoms with Gasteiger partial charge in [0.25, 0.3) is 11.8 Å². The molecule has 0 aliphatic heterocycles. The SMILES string of the molecule is Cc1nc(-c2ccc(Cl)cc2)sc1C(=O)OCC(=O)NNC(=O)c1ccccc1. The van der Waals surface area contributed by atoms with Gasteiger partial charge in [-0.25, -0.2) is 9.78 Å². The molecule has 7 nitrogen and oxygen atoms in total. The van der Waals surface area contributed by atoms with Gasteiger partial charge in [-0.3, -0.25) is 20.4 Å². The van der Waals surface area contributed by atoms with E-state index in [0.29, 0.717) is 26.2 Å². The first-order chi connectivity index (χ1) is 13.9. The second kappa shape index (κ2) is 9.31. The average Bonchev–Trinajstić information content (AvgIpc) is 3.13. The summed E-state index contributed by atoms with van der Waals surface area (Å²) in [5.41, 5.74) is 6.17. The molecule has 0 spiro atoms. The van der Waals surface area contributed by atoms with E-state index in [1.807, 2.05) is 0 Å². The number of carbonyl (C=O) groups excluding carboxylic acids is 3. The first-order valence-corrected chi connectivity index (χ1v) is 9.68. The summed E-state index contributed by atoms with van der Waals surface area (Å²) in [7, 11) is 0. The van der Waals surface area contributed by atoms with Crippen molar-refractivity contribution in [3.8, 4) is 10.6 Å². The molecule has 0 saturated carbocycles. The monoisotopic (exact) mass is 429 g/mol. The fourth-order valence-corrected chi connectivity index (χ4v) is 3.41. The van der Waals surface area contributed by atoms with E-state index in [0.717, 1.165) is 16.9 Å². The van der Waals surface area contributed by atoms with Crippen LogP contribution in [0, 0.1) is 6.92 Å². The zero-order chi connectivity index (χ0) is 20.8. The normalized spacial score (nSPS) is 10.3. The van der Waals surface area contributed by atoms with E-state index in [2.05, 4.69) is 15.8 Å². The summed E-state index contributed by atoms with van der Waals surface area (Å²) in [5, 5.41) is 1.25. The number of nitrogens with one attached hydrogen (secondary N) is 2. The molecule has 9 heteroatoms. The Hall–Kier alpha value is -3.23. The predicted octanol–water partition coefficient (Wildman–Crippen LogP) is 3.39. The van der Waals surface area contributed by atoms with Crippen LogP contribution >= 0.6 is 22.9 Å². The van der Waals surface area contributed by atoms with Gasteiger partial charge >= 0.3 is 5.97 Å². The lowest BCUT2D eigenvalue weighted by Gasteiger charge is -2.07. The van der Waals surface area contributed by atoms with E-state index < -0.39 is 24.4 Å². The highest BCUT2D eigenvalue weighted by atomic mass is 35.5. The minimum absolute atomic E-state index is 0.302. The summed E-state index contributed by atoms with van der Waals surface area (Å²) in [6.07, 6.45) is 0. The van der Waals surface area contributed by atoms with Crippen molar-refractivity contribution < 1.29 is 19.1 Å². The standard InChI is InChI=1S/C20H16ClN3O4S/c1-12-17(29-19(22-12)14-7-9-15(21)10-8-14)20(27)28-11-16(25)23-24-18(26)13-5-3-2-4-6-13/h2-10H,11H2,1H3,(H,23,25)(H,24,26). The molecule has 0 atom stereocenters. The molecule has 0 aliphatic rings. The number of nitrogens with zero attached hydrogens (tertiary/aromatic N) is 1. The molecule has 1 aromatic heterocycles. The van der Waals surface area contributed by atoms with Gasteiger partial charge in [0.2, 0.25) is 0 Å². The summed E-state index contributed by atoms with van der Waals surface area (Å²) in [5.74, 6) is -1.80. The lowest BCUT2D eigenvalue weighted by atomic mass is 10.2. The van der Waals surface area contributed by atoms with Gasteiger partial charge in [0.1, 0.15) is 9.88 Å². The lowest BCUT2D eigenvalue weighted by Crippen LogP contribution is -2.43. The number of thiazole rings is 1. The van der Waals surface area contributed by atoms with Crippen LogP contribution in [-0.4, -0.2) is 29.4 Å². The van der Waals surface area contributed by atoms with E-state index in [-0.39, 0.29) is 0 Å². The minimum Gasteiger partial charge on any atom is -0.451 e. The van der Waals surface area contributed by atoms with Crippen LogP contribution in [0.1, 0.15) is 25.7 Å². The molecule has 2 amide bonds. The predicted molar refractivity (Wildman–Crippen MR) is 110 cm³/mol. The quantitative estimate of drug-likeness (QED) is 0.478. The van der Waals surface area contributed by atoms with Gasteiger partial charge in [0, 0.05) is 16.1 Å². The summed E-state index contributed by atoms with van der Waals surface area (Å²) >= 11 is 7.05. The molecule has 0 unspecified atom stereocenters. The number of halogens is 1. The molecular weight excluding hydrogens is 414 g/mol. The Morgan fingerprint density at radius 1 is 1.03 bits per heavy atom. The average molecular weight is 430 g/mol. The third-order valence-corrected chi connectivity index (χ3v) is 5.20. The van der Waals surface area contributed by atoms with Crippen molar-refractivity contribution in [2.45, 2.75) is 6.92 Å². The zero-order valence-corrected chi connectivity index (χ0v) is 16.8. The third-order valence-electron chi connectivity index (χ3n) is 3.76. The van der Waals surface area contributed by atoms with Gasteiger partial charge in [0.15, 0.2) is 6.61 Å². The lowest BCUT2D eigenvalue weighted by molar-refractivity contribution is -0.125. The van der Waals surface area contributed by atoms with Gasteiger partial charge in [-0.1, -0.05) is 41.9 Å². The number of rotatable bonds is 5. The molecular formula is C20H16ClN3O4S. The van der Waals surface area contributed by atoms with E-state index >= 15 is 0 Å². The number of hydrogen-bond acceptors (Lipinski definition) is 6. The Balaban J connectivity index is 1.53. The Bertz CT molecular complexity index is 1040. The summed E-state index contributed by atoms with van der Waals surface area (Å²) < 4.78 is 5.02. The highest BCUT2D eigenvalue weighted by Crippen LogP contribution is 2.29. The first-order valence-electron chi connectivity index (χ1n) is 8.49. The zero-order valence-electron chi connectivity index (χ0n) is 15.3. The Morgan fingerprint density at radius 3 is 2.41 bits per heavy atom. The fraction of sp³-hybridized carbons (Fsp3) is 0.100. The van der Waals surface area contributed by atoms with Crippen molar-refractivity contribution in [1.82, 2.24) is 15.8 Å². The van der Waals surface area contributed by atoms with E-state index in [4.69, 9.17) is 16.3 Å². The highest BCUT2D eigenvalue weighted by molar-refractivity contribution is 7.17. The van der Waals surface area contributed by atoms with Gasteiger partial charge < -0.3 is 4.74 Å². The number of carbonyl (C=O) groups is 3. The van der Waals surface area contributed by atoms with Crippen LogP contribution in [-0.2, 0) is 9.53 Å².